The van der Waals surface area contributed by atoms with E-state index >= 15 is 0 Å². The summed E-state index contributed by atoms with van der Waals surface area (Å²) in [6.45, 7) is 0. The third kappa shape index (κ3) is 5.73. The van der Waals surface area contributed by atoms with Gasteiger partial charge in [-0.3, -0.25) is 0 Å². The van der Waals surface area contributed by atoms with Crippen molar-refractivity contribution in [2.24, 2.45) is 0 Å². The summed E-state index contributed by atoms with van der Waals surface area (Å²) < 4.78 is 36.6. The zero-order valence-corrected chi connectivity index (χ0v) is 9.06. The molecule has 0 aromatic heterocycles. The SMILES string of the molecule is COc1cccc(C(=O)O)c1.O=C(O)C(F)(F)F. The summed E-state index contributed by atoms with van der Waals surface area (Å²) in [4.78, 5) is 19.3. The molecule has 0 aliphatic rings. The smallest absolute Gasteiger partial charge is 0.490 e. The average molecular weight is 266 g/mol. The first kappa shape index (κ1) is 15.8. The minimum absolute atomic E-state index is 0.240. The minimum atomic E-state index is -5.08. The van der Waals surface area contributed by atoms with Gasteiger partial charge in [0.15, 0.2) is 0 Å². The van der Waals surface area contributed by atoms with Crippen LogP contribution in [0.5, 0.6) is 5.75 Å². The highest BCUT2D eigenvalue weighted by molar-refractivity contribution is 5.87. The number of halogens is 3. The normalized spacial score (nSPS) is 10.0. The molecule has 8 heteroatoms. The number of hydrogen-bond donors (Lipinski definition) is 2. The summed E-state index contributed by atoms with van der Waals surface area (Å²) in [7, 11) is 1.50. The van der Waals surface area contributed by atoms with E-state index in [1.807, 2.05) is 0 Å². The molecule has 0 fully saturated rings. The summed E-state index contributed by atoms with van der Waals surface area (Å²) in [6, 6.07) is 6.34. The maximum atomic E-state index is 10.6. The Hall–Kier alpha value is -2.25. The number of hydrogen-bond acceptors (Lipinski definition) is 3. The molecule has 1 aromatic carbocycles. The van der Waals surface area contributed by atoms with E-state index < -0.39 is 18.1 Å². The van der Waals surface area contributed by atoms with Crippen LogP contribution in [-0.4, -0.2) is 35.4 Å². The lowest BCUT2D eigenvalue weighted by atomic mass is 10.2. The molecule has 2 N–H and O–H groups in total. The minimum Gasteiger partial charge on any atom is -0.497 e. The van der Waals surface area contributed by atoms with Crippen molar-refractivity contribution in [1.29, 1.82) is 0 Å². The molecule has 0 heterocycles. The van der Waals surface area contributed by atoms with Crippen LogP contribution in [-0.2, 0) is 4.79 Å². The summed E-state index contributed by atoms with van der Waals surface area (Å²) in [5, 5.41) is 15.7. The number of benzene rings is 1. The third-order valence-corrected chi connectivity index (χ3v) is 1.56. The van der Waals surface area contributed by atoms with Crippen LogP contribution in [0.3, 0.4) is 0 Å². The number of aliphatic carboxylic acids is 1. The summed E-state index contributed by atoms with van der Waals surface area (Å²) in [5.41, 5.74) is 0.240. The molecule has 0 saturated carbocycles. The third-order valence-electron chi connectivity index (χ3n) is 1.56. The predicted molar refractivity (Wildman–Crippen MR) is 53.6 cm³/mol. The second-order valence-electron chi connectivity index (χ2n) is 2.84. The van der Waals surface area contributed by atoms with Gasteiger partial charge in [-0.05, 0) is 18.2 Å². The first-order chi connectivity index (χ1) is 8.18. The van der Waals surface area contributed by atoms with Crippen molar-refractivity contribution in [3.8, 4) is 5.75 Å². The van der Waals surface area contributed by atoms with Crippen LogP contribution in [0.1, 0.15) is 10.4 Å². The second kappa shape index (κ2) is 6.48. The fourth-order valence-corrected chi connectivity index (χ4v) is 0.756. The quantitative estimate of drug-likeness (QED) is 0.855. The molecule has 0 amide bonds. The number of carbonyl (C=O) groups is 2. The monoisotopic (exact) mass is 266 g/mol. The van der Waals surface area contributed by atoms with E-state index in [-0.39, 0.29) is 5.56 Å². The van der Waals surface area contributed by atoms with Gasteiger partial charge in [0.25, 0.3) is 0 Å². The number of rotatable bonds is 2. The van der Waals surface area contributed by atoms with E-state index in [9.17, 15) is 18.0 Å². The molecule has 5 nitrogen and oxygen atoms in total. The molecule has 0 aliphatic carbocycles. The highest BCUT2D eigenvalue weighted by Gasteiger charge is 2.38. The Balaban J connectivity index is 0.000000360. The molecule has 1 rings (SSSR count). The molecule has 100 valence electrons. The molecule has 0 spiro atoms. The molecular formula is C10H9F3O5. The van der Waals surface area contributed by atoms with Crippen LogP contribution < -0.4 is 4.74 Å². The number of alkyl halides is 3. The van der Waals surface area contributed by atoms with Gasteiger partial charge in [0.05, 0.1) is 12.7 Å². The van der Waals surface area contributed by atoms with E-state index in [0.717, 1.165) is 0 Å². The van der Waals surface area contributed by atoms with Crippen LogP contribution in [0.25, 0.3) is 0 Å². The molecule has 1 aromatic rings. The topological polar surface area (TPSA) is 83.8 Å². The van der Waals surface area contributed by atoms with Crippen LogP contribution in [0.4, 0.5) is 13.2 Å². The Morgan fingerprint density at radius 1 is 1.22 bits per heavy atom. The van der Waals surface area contributed by atoms with Crippen LogP contribution >= 0.6 is 0 Å². The maximum Gasteiger partial charge on any atom is 0.490 e. The molecule has 18 heavy (non-hydrogen) atoms. The Morgan fingerprint density at radius 3 is 2.06 bits per heavy atom. The van der Waals surface area contributed by atoms with E-state index in [1.54, 1.807) is 12.1 Å². The molecule has 0 unspecified atom stereocenters. The number of aromatic carboxylic acids is 1. The van der Waals surface area contributed by atoms with Crippen LogP contribution in [0.2, 0.25) is 0 Å². The van der Waals surface area contributed by atoms with Crippen molar-refractivity contribution in [2.45, 2.75) is 6.18 Å². The van der Waals surface area contributed by atoms with Gasteiger partial charge in [-0.2, -0.15) is 13.2 Å². The first-order valence-corrected chi connectivity index (χ1v) is 4.36. The standard InChI is InChI=1S/C8H8O3.C2HF3O2/c1-11-7-4-2-3-6(5-7)8(9)10;3-2(4,5)1(6)7/h2-5H,1H3,(H,9,10);(H,6,7). The van der Waals surface area contributed by atoms with Crippen molar-refractivity contribution in [2.75, 3.05) is 7.11 Å². The van der Waals surface area contributed by atoms with Gasteiger partial charge in [-0.1, -0.05) is 6.07 Å². The lowest BCUT2D eigenvalue weighted by Crippen LogP contribution is -2.21. The highest BCUT2D eigenvalue weighted by atomic mass is 19.4. The van der Waals surface area contributed by atoms with Crippen molar-refractivity contribution >= 4 is 11.9 Å². The van der Waals surface area contributed by atoms with Crippen LogP contribution in [0.15, 0.2) is 24.3 Å². The Labute approximate surface area is 99.4 Å². The fourth-order valence-electron chi connectivity index (χ4n) is 0.756. The lowest BCUT2D eigenvalue weighted by molar-refractivity contribution is -0.192. The molecule has 0 radical (unpaired) electrons. The molecule has 0 atom stereocenters. The van der Waals surface area contributed by atoms with Gasteiger partial charge in [0.2, 0.25) is 0 Å². The predicted octanol–water partition coefficient (Wildman–Crippen LogP) is 2.03. The summed E-state index contributed by atoms with van der Waals surface area (Å²) in [5.74, 6) is -3.14. The molecular weight excluding hydrogens is 257 g/mol. The second-order valence-corrected chi connectivity index (χ2v) is 2.84. The van der Waals surface area contributed by atoms with Crippen molar-refractivity contribution in [3.63, 3.8) is 0 Å². The van der Waals surface area contributed by atoms with Gasteiger partial charge in [0.1, 0.15) is 5.75 Å². The van der Waals surface area contributed by atoms with Gasteiger partial charge in [-0.15, -0.1) is 0 Å². The van der Waals surface area contributed by atoms with Crippen molar-refractivity contribution in [3.05, 3.63) is 29.8 Å². The largest absolute Gasteiger partial charge is 0.497 e. The van der Waals surface area contributed by atoms with E-state index in [4.69, 9.17) is 19.7 Å². The zero-order chi connectivity index (χ0) is 14.3. The van der Waals surface area contributed by atoms with Gasteiger partial charge in [-0.25, -0.2) is 9.59 Å². The van der Waals surface area contributed by atoms with E-state index in [0.29, 0.717) is 5.75 Å². The first-order valence-electron chi connectivity index (χ1n) is 4.36. The average Bonchev–Trinajstić information content (AvgIpc) is 2.28. The number of methoxy groups -OCH3 is 1. The van der Waals surface area contributed by atoms with Gasteiger partial charge >= 0.3 is 18.1 Å². The van der Waals surface area contributed by atoms with E-state index in [1.165, 1.54) is 19.2 Å². The number of carboxylic acid groups (broad SMARTS) is 2. The summed E-state index contributed by atoms with van der Waals surface area (Å²) >= 11 is 0. The van der Waals surface area contributed by atoms with Crippen LogP contribution in [0, 0.1) is 0 Å². The zero-order valence-electron chi connectivity index (χ0n) is 9.06. The van der Waals surface area contributed by atoms with Crippen molar-refractivity contribution in [1.82, 2.24) is 0 Å². The van der Waals surface area contributed by atoms with Gasteiger partial charge in [0, 0.05) is 0 Å². The van der Waals surface area contributed by atoms with E-state index in [2.05, 4.69) is 0 Å². The molecule has 0 bridgehead atoms. The Bertz CT molecular complexity index is 428. The van der Waals surface area contributed by atoms with Crippen molar-refractivity contribution < 1.29 is 37.7 Å². The number of ether oxygens (including phenoxy) is 1. The Morgan fingerprint density at radius 2 is 1.72 bits per heavy atom. The number of carboxylic acids is 2. The van der Waals surface area contributed by atoms with Gasteiger partial charge < -0.3 is 14.9 Å². The summed E-state index contributed by atoms with van der Waals surface area (Å²) in [6.07, 6.45) is -5.08. The molecule has 0 saturated heterocycles. The maximum absolute atomic E-state index is 10.6. The molecule has 0 aliphatic heterocycles. The highest BCUT2D eigenvalue weighted by Crippen LogP contribution is 2.13. The lowest BCUT2D eigenvalue weighted by Gasteiger charge is -1.98. The fraction of sp³-hybridized carbons (Fsp3) is 0.200. The Kier molecular flexibility index (Phi) is 5.67.